The topological polar surface area (TPSA) is 21.3 Å². The molecular weight excluding hydrogens is 198 g/mol. The zero-order chi connectivity index (χ0) is 11.0. The molecule has 0 aliphatic carbocycles. The van der Waals surface area contributed by atoms with Crippen LogP contribution in [0.15, 0.2) is 48.8 Å². The number of ether oxygens (including phenoxy) is 1. The highest BCUT2D eigenvalue weighted by Gasteiger charge is 2.41. The third-order valence-electron chi connectivity index (χ3n) is 3.49. The molecule has 2 atom stereocenters. The Morgan fingerprint density at radius 3 is 3.00 bits per heavy atom. The third-order valence-corrected chi connectivity index (χ3v) is 3.49. The van der Waals surface area contributed by atoms with Crippen molar-refractivity contribution in [3.8, 4) is 0 Å². The van der Waals surface area contributed by atoms with Crippen LogP contribution in [0.25, 0.3) is 0 Å². The van der Waals surface area contributed by atoms with Crippen molar-refractivity contribution < 1.29 is 4.74 Å². The molecule has 2 nitrogen and oxygen atoms in total. The zero-order valence-electron chi connectivity index (χ0n) is 9.31. The smallest absolute Gasteiger partial charge is 0.138 e. The summed E-state index contributed by atoms with van der Waals surface area (Å²) in [6.07, 6.45) is 7.90. The first kappa shape index (κ1) is 9.67. The summed E-state index contributed by atoms with van der Waals surface area (Å²) in [4.78, 5) is 0. The number of nitrogens with one attached hydrogen (secondary N) is 1. The quantitative estimate of drug-likeness (QED) is 0.773. The van der Waals surface area contributed by atoms with Crippen LogP contribution in [0.1, 0.15) is 18.1 Å². The first-order valence-electron chi connectivity index (χ1n) is 5.63. The predicted octanol–water partition coefficient (Wildman–Crippen LogP) is 2.47. The van der Waals surface area contributed by atoms with E-state index < -0.39 is 0 Å². The number of benzene rings is 1. The molecule has 82 valence electrons. The molecule has 0 spiro atoms. The van der Waals surface area contributed by atoms with Crippen LogP contribution >= 0.6 is 0 Å². The van der Waals surface area contributed by atoms with Crippen molar-refractivity contribution in [3.63, 3.8) is 0 Å². The Balaban J connectivity index is 2.01. The van der Waals surface area contributed by atoms with Gasteiger partial charge < -0.3 is 10.1 Å². The van der Waals surface area contributed by atoms with Gasteiger partial charge in [-0.3, -0.25) is 0 Å². The number of fused-ring (bicyclic) bond motifs is 1. The van der Waals surface area contributed by atoms with E-state index >= 15 is 0 Å². The van der Waals surface area contributed by atoms with Gasteiger partial charge in [0, 0.05) is 6.54 Å². The number of rotatable bonds is 1. The van der Waals surface area contributed by atoms with Crippen molar-refractivity contribution in [2.45, 2.75) is 25.1 Å². The summed E-state index contributed by atoms with van der Waals surface area (Å²) in [6, 6.07) is 8.54. The van der Waals surface area contributed by atoms with Crippen LogP contribution in [0.5, 0.6) is 0 Å². The maximum Gasteiger partial charge on any atom is 0.138 e. The molecule has 0 saturated heterocycles. The molecule has 1 aromatic carbocycles. The van der Waals surface area contributed by atoms with E-state index in [0.717, 1.165) is 6.54 Å². The molecule has 1 aromatic rings. The molecule has 0 aromatic heterocycles. The minimum atomic E-state index is -0.113. The van der Waals surface area contributed by atoms with E-state index in [1.54, 1.807) is 6.26 Å². The molecule has 0 radical (unpaired) electrons. The van der Waals surface area contributed by atoms with Gasteiger partial charge in [0.1, 0.15) is 6.10 Å². The fourth-order valence-corrected chi connectivity index (χ4v) is 2.52. The lowest BCUT2D eigenvalue weighted by molar-refractivity contribution is 0.0923. The van der Waals surface area contributed by atoms with E-state index in [1.165, 1.54) is 11.1 Å². The average molecular weight is 213 g/mol. The largest absolute Gasteiger partial charge is 0.492 e. The Hall–Kier alpha value is -1.54. The maximum absolute atomic E-state index is 5.69. The Morgan fingerprint density at radius 2 is 2.19 bits per heavy atom. The Bertz CT molecular complexity index is 464. The van der Waals surface area contributed by atoms with Crippen LogP contribution in [-0.4, -0.2) is 6.10 Å². The molecule has 2 aliphatic heterocycles. The first-order valence-corrected chi connectivity index (χ1v) is 5.63. The second-order valence-corrected chi connectivity index (χ2v) is 4.48. The molecule has 3 rings (SSSR count). The van der Waals surface area contributed by atoms with Crippen LogP contribution in [0.4, 0.5) is 0 Å². The van der Waals surface area contributed by atoms with E-state index in [2.05, 4.69) is 42.6 Å². The van der Waals surface area contributed by atoms with Gasteiger partial charge in [0.2, 0.25) is 0 Å². The summed E-state index contributed by atoms with van der Waals surface area (Å²) < 4.78 is 5.69. The van der Waals surface area contributed by atoms with E-state index in [4.69, 9.17) is 4.74 Å². The molecule has 0 bridgehead atoms. The zero-order valence-corrected chi connectivity index (χ0v) is 9.31. The summed E-state index contributed by atoms with van der Waals surface area (Å²) >= 11 is 0. The van der Waals surface area contributed by atoms with Gasteiger partial charge in [-0.1, -0.05) is 30.3 Å². The Kier molecular flexibility index (Phi) is 2.11. The van der Waals surface area contributed by atoms with Crippen LogP contribution in [0, 0.1) is 0 Å². The summed E-state index contributed by atoms with van der Waals surface area (Å²) in [5, 5.41) is 3.56. The van der Waals surface area contributed by atoms with Gasteiger partial charge in [0.05, 0.1) is 11.8 Å². The summed E-state index contributed by atoms with van der Waals surface area (Å²) in [6.45, 7) is 3.12. The maximum atomic E-state index is 5.69. The lowest BCUT2D eigenvalue weighted by atomic mass is 9.86. The molecule has 0 amide bonds. The van der Waals surface area contributed by atoms with Crippen molar-refractivity contribution in [3.05, 3.63) is 59.9 Å². The molecule has 2 aliphatic rings. The average Bonchev–Trinajstić information content (AvgIpc) is 2.71. The summed E-state index contributed by atoms with van der Waals surface area (Å²) in [7, 11) is 0. The molecule has 0 saturated carbocycles. The van der Waals surface area contributed by atoms with Crippen molar-refractivity contribution in [2.75, 3.05) is 0 Å². The number of hydrogen-bond donors (Lipinski definition) is 1. The second kappa shape index (κ2) is 3.49. The van der Waals surface area contributed by atoms with Gasteiger partial charge >= 0.3 is 0 Å². The van der Waals surface area contributed by atoms with Crippen LogP contribution in [0.3, 0.4) is 0 Å². The highest BCUT2D eigenvalue weighted by Crippen LogP contribution is 2.36. The third kappa shape index (κ3) is 1.30. The standard InChI is InChI=1S/C14H15NO/c1-14(13-8-4-5-9-16-13)12-7-3-2-6-11(12)10-15-14/h2-9,13,15H,10H2,1H3. The minimum absolute atomic E-state index is 0.0705. The highest BCUT2D eigenvalue weighted by molar-refractivity contribution is 5.40. The van der Waals surface area contributed by atoms with Crippen molar-refractivity contribution in [1.82, 2.24) is 5.32 Å². The van der Waals surface area contributed by atoms with Crippen LogP contribution in [-0.2, 0) is 16.8 Å². The highest BCUT2D eigenvalue weighted by atomic mass is 16.5. The van der Waals surface area contributed by atoms with Gasteiger partial charge in [-0.05, 0) is 30.2 Å². The first-order chi connectivity index (χ1) is 7.81. The van der Waals surface area contributed by atoms with E-state index in [0.29, 0.717) is 0 Å². The number of allylic oxidation sites excluding steroid dienone is 2. The molecular formula is C14H15NO. The van der Waals surface area contributed by atoms with E-state index in [-0.39, 0.29) is 11.6 Å². The monoisotopic (exact) mass is 213 g/mol. The van der Waals surface area contributed by atoms with Gasteiger partial charge in [0.15, 0.2) is 0 Å². The molecule has 2 unspecified atom stereocenters. The van der Waals surface area contributed by atoms with Crippen molar-refractivity contribution >= 4 is 0 Å². The van der Waals surface area contributed by atoms with E-state index in [1.807, 2.05) is 12.2 Å². The SMILES string of the molecule is CC1(C2C=CC=CO2)NCc2ccccc21. The van der Waals surface area contributed by atoms with Gasteiger partial charge in [-0.2, -0.15) is 0 Å². The summed E-state index contributed by atoms with van der Waals surface area (Å²) in [5.74, 6) is 0. The normalized spacial score (nSPS) is 31.2. The summed E-state index contributed by atoms with van der Waals surface area (Å²) in [5.41, 5.74) is 2.61. The minimum Gasteiger partial charge on any atom is -0.492 e. The molecule has 1 N–H and O–H groups in total. The molecule has 2 heterocycles. The van der Waals surface area contributed by atoms with Gasteiger partial charge in [0.25, 0.3) is 0 Å². The fraction of sp³-hybridized carbons (Fsp3) is 0.286. The van der Waals surface area contributed by atoms with Crippen LogP contribution in [0.2, 0.25) is 0 Å². The molecule has 16 heavy (non-hydrogen) atoms. The van der Waals surface area contributed by atoms with Crippen LogP contribution < -0.4 is 5.32 Å². The second-order valence-electron chi connectivity index (χ2n) is 4.48. The van der Waals surface area contributed by atoms with Crippen molar-refractivity contribution in [2.24, 2.45) is 0 Å². The Morgan fingerprint density at radius 1 is 1.31 bits per heavy atom. The Labute approximate surface area is 95.6 Å². The number of hydrogen-bond acceptors (Lipinski definition) is 2. The van der Waals surface area contributed by atoms with Gasteiger partial charge in [-0.25, -0.2) is 0 Å². The lowest BCUT2D eigenvalue weighted by Crippen LogP contribution is -2.45. The van der Waals surface area contributed by atoms with Crippen molar-refractivity contribution in [1.29, 1.82) is 0 Å². The predicted molar refractivity (Wildman–Crippen MR) is 63.8 cm³/mol. The molecule has 0 fully saturated rings. The molecule has 2 heteroatoms. The fourth-order valence-electron chi connectivity index (χ4n) is 2.52. The van der Waals surface area contributed by atoms with E-state index in [9.17, 15) is 0 Å². The lowest BCUT2D eigenvalue weighted by Gasteiger charge is -2.33. The van der Waals surface area contributed by atoms with Gasteiger partial charge in [-0.15, -0.1) is 0 Å².